The third kappa shape index (κ3) is 9.36. The van der Waals surface area contributed by atoms with E-state index in [0.717, 1.165) is 65.6 Å². The SMILES string of the molecule is CC1=NC(CCc2ccc(N)cc2)CN=C(C)C2C=CCC(N2)C(C)=NCC(Cc2ccc(N)cc2)CN=C(C)C2C=CC=C1N2. The van der Waals surface area contributed by atoms with Crippen molar-refractivity contribution in [1.82, 2.24) is 10.6 Å². The molecule has 0 spiro atoms. The van der Waals surface area contributed by atoms with E-state index >= 15 is 0 Å². The van der Waals surface area contributed by atoms with Gasteiger partial charge in [0.15, 0.2) is 0 Å². The van der Waals surface area contributed by atoms with Crippen molar-refractivity contribution in [3.63, 3.8) is 0 Å². The first-order chi connectivity index (χ1) is 22.2. The molecule has 242 valence electrons. The first-order valence-electron chi connectivity index (χ1n) is 16.6. The maximum absolute atomic E-state index is 5.96. The fraction of sp³-hybridized carbons (Fsp3) is 0.421. The molecular formula is C38H50N8. The summed E-state index contributed by atoms with van der Waals surface area (Å²) in [6.45, 7) is 10.5. The summed E-state index contributed by atoms with van der Waals surface area (Å²) in [4.78, 5) is 20.6. The molecule has 8 nitrogen and oxygen atoms in total. The van der Waals surface area contributed by atoms with E-state index in [-0.39, 0.29) is 30.1 Å². The highest BCUT2D eigenvalue weighted by Crippen LogP contribution is 2.17. The lowest BCUT2D eigenvalue weighted by molar-refractivity contribution is 0.542. The van der Waals surface area contributed by atoms with Gasteiger partial charge in [-0.2, -0.15) is 0 Å². The minimum Gasteiger partial charge on any atom is -0.399 e. The number of hydrogen-bond acceptors (Lipinski definition) is 8. The Hall–Kier alpha value is -4.30. The van der Waals surface area contributed by atoms with Crippen LogP contribution in [0.15, 0.2) is 105 Å². The standard InChI is InChI=1S/C38H50N8/c1-25-35-7-5-8-37(45-35)27(3)43-24-34(20-15-29-11-16-32(39)17-12-29)44-28(4)38-10-6-9-36(46-38)26(2)42-23-31(22-41-25)21-30-13-18-33(40)19-14-30/h5-6,8-14,16-19,31,34-37,45-46H,7,15,20-24,39-40H2,1-4H3. The summed E-state index contributed by atoms with van der Waals surface area (Å²) < 4.78 is 0. The molecule has 5 rings (SSSR count). The van der Waals surface area contributed by atoms with Crippen LogP contribution in [0, 0.1) is 5.92 Å². The highest BCUT2D eigenvalue weighted by molar-refractivity contribution is 6.00. The van der Waals surface area contributed by atoms with Crippen molar-refractivity contribution < 1.29 is 0 Å². The number of aryl methyl sites for hydroxylation is 1. The molecule has 6 N–H and O–H groups in total. The molecule has 5 unspecified atom stereocenters. The molecule has 3 aliphatic rings. The summed E-state index contributed by atoms with van der Waals surface area (Å²) in [6, 6.07) is 16.6. The normalized spacial score (nSPS) is 25.8. The maximum Gasteiger partial charge on any atom is 0.0826 e. The topological polar surface area (TPSA) is 126 Å². The quantitative estimate of drug-likeness (QED) is 0.258. The van der Waals surface area contributed by atoms with E-state index in [4.69, 9.17) is 31.4 Å². The van der Waals surface area contributed by atoms with Gasteiger partial charge in [-0.3, -0.25) is 25.3 Å². The average molecular weight is 619 g/mol. The fourth-order valence-electron chi connectivity index (χ4n) is 6.07. The van der Waals surface area contributed by atoms with Crippen LogP contribution in [-0.2, 0) is 12.8 Å². The van der Waals surface area contributed by atoms with Gasteiger partial charge < -0.3 is 16.8 Å². The molecule has 8 heteroatoms. The molecule has 0 aromatic heterocycles. The van der Waals surface area contributed by atoms with Gasteiger partial charge in [-0.15, -0.1) is 0 Å². The zero-order valence-corrected chi connectivity index (χ0v) is 27.8. The van der Waals surface area contributed by atoms with Gasteiger partial charge in [0.05, 0.1) is 36.1 Å². The Labute approximate surface area is 274 Å². The molecule has 0 saturated heterocycles. The number of dihydropyridines is 1. The van der Waals surface area contributed by atoms with Crippen LogP contribution in [0.2, 0.25) is 0 Å². The van der Waals surface area contributed by atoms with E-state index in [1.165, 1.54) is 11.1 Å². The van der Waals surface area contributed by atoms with E-state index < -0.39 is 0 Å². The van der Waals surface area contributed by atoms with E-state index in [1.807, 2.05) is 24.3 Å². The number of fused-ring (bicyclic) bond motifs is 4. The Bertz CT molecular complexity index is 1540. The maximum atomic E-state index is 5.96. The molecule has 46 heavy (non-hydrogen) atoms. The summed E-state index contributed by atoms with van der Waals surface area (Å²) >= 11 is 0. The fourth-order valence-corrected chi connectivity index (χ4v) is 6.07. The molecule has 0 amide bonds. The zero-order valence-electron chi connectivity index (χ0n) is 27.8. The third-order valence-corrected chi connectivity index (χ3v) is 9.13. The number of nitrogens with one attached hydrogen (secondary N) is 2. The Kier molecular flexibility index (Phi) is 11.4. The third-order valence-electron chi connectivity index (χ3n) is 9.13. The Morgan fingerprint density at radius 2 is 1.37 bits per heavy atom. The first kappa shape index (κ1) is 33.1. The molecule has 3 aliphatic heterocycles. The van der Waals surface area contributed by atoms with Crippen LogP contribution >= 0.6 is 0 Å². The van der Waals surface area contributed by atoms with E-state index in [9.17, 15) is 0 Å². The predicted octanol–water partition coefficient (Wildman–Crippen LogP) is 5.57. The van der Waals surface area contributed by atoms with Crippen molar-refractivity contribution >= 4 is 34.2 Å². The van der Waals surface area contributed by atoms with Crippen LogP contribution in [0.4, 0.5) is 11.4 Å². The number of nitrogens with zero attached hydrogens (tertiary/aromatic N) is 4. The second kappa shape index (κ2) is 15.8. The first-order valence-corrected chi connectivity index (χ1v) is 16.6. The van der Waals surface area contributed by atoms with Gasteiger partial charge in [0.1, 0.15) is 0 Å². The molecular weight excluding hydrogens is 568 g/mol. The predicted molar refractivity (Wildman–Crippen MR) is 197 cm³/mol. The van der Waals surface area contributed by atoms with Crippen molar-refractivity contribution in [2.75, 3.05) is 31.1 Å². The highest BCUT2D eigenvalue weighted by Gasteiger charge is 2.22. The minimum absolute atomic E-state index is 0.0117. The number of nitrogens with two attached hydrogens (primary N) is 2. The van der Waals surface area contributed by atoms with Crippen molar-refractivity contribution in [2.24, 2.45) is 25.9 Å². The molecule has 5 atom stereocenters. The highest BCUT2D eigenvalue weighted by atomic mass is 15.0. The van der Waals surface area contributed by atoms with Gasteiger partial charge in [-0.05, 0) is 94.8 Å². The number of aliphatic imine (C=N–C) groups is 4. The van der Waals surface area contributed by atoms with Crippen LogP contribution in [0.3, 0.4) is 0 Å². The summed E-state index contributed by atoms with van der Waals surface area (Å²) in [6.07, 6.45) is 14.5. The summed E-state index contributed by atoms with van der Waals surface area (Å²) in [7, 11) is 0. The van der Waals surface area contributed by atoms with Crippen LogP contribution < -0.4 is 22.1 Å². The minimum atomic E-state index is 0.0117. The van der Waals surface area contributed by atoms with Crippen molar-refractivity contribution in [3.8, 4) is 0 Å². The molecule has 0 aliphatic carbocycles. The number of rotatable bonds is 5. The number of anilines is 2. The molecule has 4 bridgehead atoms. The summed E-state index contributed by atoms with van der Waals surface area (Å²) in [5.41, 5.74) is 21.2. The van der Waals surface area contributed by atoms with Gasteiger partial charge in [0, 0.05) is 53.6 Å². The van der Waals surface area contributed by atoms with Crippen LogP contribution in [0.1, 0.15) is 51.7 Å². The Morgan fingerprint density at radius 1 is 0.739 bits per heavy atom. The molecule has 0 radical (unpaired) electrons. The smallest absolute Gasteiger partial charge is 0.0826 e. The molecule has 2 aromatic carbocycles. The largest absolute Gasteiger partial charge is 0.399 e. The van der Waals surface area contributed by atoms with E-state index in [1.54, 1.807) is 0 Å². The summed E-state index contributed by atoms with van der Waals surface area (Å²) in [5, 5.41) is 7.48. The Balaban J connectivity index is 1.42. The molecule has 2 aromatic rings. The lowest BCUT2D eigenvalue weighted by Crippen LogP contribution is -2.47. The van der Waals surface area contributed by atoms with Crippen LogP contribution in [0.5, 0.6) is 0 Å². The summed E-state index contributed by atoms with van der Waals surface area (Å²) in [5.74, 6) is 0.265. The number of benzene rings is 2. The number of nitrogen functional groups attached to an aromatic ring is 2. The van der Waals surface area contributed by atoms with Crippen LogP contribution in [-0.4, -0.2) is 66.6 Å². The average Bonchev–Trinajstić information content (AvgIpc) is 3.08. The zero-order chi connectivity index (χ0) is 32.5. The Morgan fingerprint density at radius 3 is 2.09 bits per heavy atom. The molecule has 3 heterocycles. The van der Waals surface area contributed by atoms with Crippen molar-refractivity contribution in [1.29, 1.82) is 0 Å². The number of allylic oxidation sites excluding steroid dienone is 3. The van der Waals surface area contributed by atoms with E-state index in [0.29, 0.717) is 19.6 Å². The lowest BCUT2D eigenvalue weighted by atomic mass is 9.97. The van der Waals surface area contributed by atoms with Gasteiger partial charge >= 0.3 is 0 Å². The van der Waals surface area contributed by atoms with E-state index in [2.05, 4.69) is 93.0 Å². The lowest BCUT2D eigenvalue weighted by Gasteiger charge is -2.27. The van der Waals surface area contributed by atoms with Crippen molar-refractivity contribution in [2.45, 2.75) is 77.5 Å². The number of hydrogen-bond donors (Lipinski definition) is 4. The molecule has 0 fully saturated rings. The van der Waals surface area contributed by atoms with Gasteiger partial charge in [0.25, 0.3) is 0 Å². The second-order valence-corrected chi connectivity index (χ2v) is 12.9. The van der Waals surface area contributed by atoms with Crippen molar-refractivity contribution in [3.05, 3.63) is 95.7 Å². The van der Waals surface area contributed by atoms with Gasteiger partial charge in [-0.1, -0.05) is 48.6 Å². The molecule has 0 saturated carbocycles. The monoisotopic (exact) mass is 618 g/mol. The van der Waals surface area contributed by atoms with Crippen LogP contribution in [0.25, 0.3) is 0 Å². The van der Waals surface area contributed by atoms with Gasteiger partial charge in [0.2, 0.25) is 0 Å². The van der Waals surface area contributed by atoms with Gasteiger partial charge in [-0.25, -0.2) is 0 Å². The second-order valence-electron chi connectivity index (χ2n) is 12.9.